The predicted octanol–water partition coefficient (Wildman–Crippen LogP) is 1.38. The number of sulfone groups is 1. The van der Waals surface area contributed by atoms with Crippen molar-refractivity contribution in [2.75, 3.05) is 12.8 Å². The Balaban J connectivity index is 2.12. The minimum absolute atomic E-state index is 0.0496. The molecule has 1 fully saturated rings. The van der Waals surface area contributed by atoms with E-state index in [1.54, 1.807) is 6.26 Å². The highest BCUT2D eigenvalue weighted by molar-refractivity contribution is 7.92. The zero-order chi connectivity index (χ0) is 12.3. The summed E-state index contributed by atoms with van der Waals surface area (Å²) in [5, 5.41) is 2.85. The molecule has 2 atom stereocenters. The Kier molecular flexibility index (Phi) is 3.89. The molecule has 2 unspecified atom stereocenters. The fourth-order valence-electron chi connectivity index (χ4n) is 2.50. The molecule has 1 aromatic rings. The molecule has 1 N–H and O–H groups in total. The van der Waals surface area contributed by atoms with Crippen LogP contribution in [0, 0.1) is 0 Å². The maximum Gasteiger partial charge on any atom is 0.154 e. The van der Waals surface area contributed by atoms with Crippen LogP contribution in [-0.4, -0.2) is 32.5 Å². The van der Waals surface area contributed by atoms with Crippen LogP contribution in [0.2, 0.25) is 0 Å². The van der Waals surface area contributed by atoms with Gasteiger partial charge in [-0.2, -0.15) is 0 Å². The quantitative estimate of drug-likeness (QED) is 0.885. The van der Waals surface area contributed by atoms with E-state index in [0.717, 1.165) is 25.0 Å². The van der Waals surface area contributed by atoms with Gasteiger partial charge in [0.25, 0.3) is 0 Å². The van der Waals surface area contributed by atoms with Crippen LogP contribution >= 0.6 is 0 Å². The number of furan rings is 1. The predicted molar refractivity (Wildman–Crippen MR) is 66.7 cm³/mol. The van der Waals surface area contributed by atoms with Crippen molar-refractivity contribution in [3.8, 4) is 0 Å². The van der Waals surface area contributed by atoms with Gasteiger partial charge in [-0.1, -0.05) is 6.42 Å². The van der Waals surface area contributed by atoms with Crippen molar-refractivity contribution in [2.24, 2.45) is 0 Å². The first-order valence-electron chi connectivity index (χ1n) is 6.04. The fraction of sp³-hybridized carbons (Fsp3) is 0.667. The topological polar surface area (TPSA) is 59.3 Å². The highest BCUT2D eigenvalue weighted by atomic mass is 32.2. The second-order valence-corrected chi connectivity index (χ2v) is 6.92. The summed E-state index contributed by atoms with van der Waals surface area (Å²) in [5.74, 6) is 1.17. The molecule has 0 aromatic carbocycles. The molecular weight excluding hydrogens is 238 g/mol. The molecule has 0 spiro atoms. The molecule has 96 valence electrons. The van der Waals surface area contributed by atoms with Gasteiger partial charge in [0.1, 0.15) is 5.76 Å². The third-order valence-corrected chi connectivity index (χ3v) is 5.79. The van der Waals surface area contributed by atoms with E-state index >= 15 is 0 Å². The lowest BCUT2D eigenvalue weighted by molar-refractivity contribution is 0.419. The summed E-state index contributed by atoms with van der Waals surface area (Å²) in [5.41, 5.74) is 0. The smallest absolute Gasteiger partial charge is 0.154 e. The molecule has 0 bridgehead atoms. The van der Waals surface area contributed by atoms with Gasteiger partial charge in [0.05, 0.1) is 17.3 Å². The van der Waals surface area contributed by atoms with E-state index in [4.69, 9.17) is 4.42 Å². The average Bonchev–Trinajstić information content (AvgIpc) is 2.79. The van der Waals surface area contributed by atoms with Gasteiger partial charge in [0.15, 0.2) is 9.84 Å². The summed E-state index contributed by atoms with van der Waals surface area (Å²) in [6.07, 6.45) is 4.82. The van der Waals surface area contributed by atoms with Crippen LogP contribution in [0.1, 0.15) is 25.0 Å². The summed E-state index contributed by atoms with van der Waals surface area (Å²) >= 11 is 0. The van der Waals surface area contributed by atoms with E-state index in [1.165, 1.54) is 0 Å². The standard InChI is InChI=1S/C12H19NO3S/c1-13-11(9-10-5-4-7-16-10)12-6-2-3-8-17(12,14)15/h4-5,7,11-13H,2-3,6,8-9H2,1H3. The van der Waals surface area contributed by atoms with Gasteiger partial charge in [0, 0.05) is 12.5 Å². The second kappa shape index (κ2) is 5.23. The van der Waals surface area contributed by atoms with Gasteiger partial charge in [-0.3, -0.25) is 0 Å². The van der Waals surface area contributed by atoms with E-state index in [2.05, 4.69) is 5.32 Å². The molecule has 1 aliphatic rings. The number of hydrogen-bond acceptors (Lipinski definition) is 4. The maximum absolute atomic E-state index is 12.0. The molecule has 0 amide bonds. The normalized spacial score (nSPS) is 25.6. The van der Waals surface area contributed by atoms with Crippen LogP contribution < -0.4 is 5.32 Å². The molecule has 5 heteroatoms. The summed E-state index contributed by atoms with van der Waals surface area (Å²) in [6.45, 7) is 0. The Hall–Kier alpha value is -0.810. The van der Waals surface area contributed by atoms with Gasteiger partial charge >= 0.3 is 0 Å². The highest BCUT2D eigenvalue weighted by Gasteiger charge is 2.35. The summed E-state index contributed by atoms with van der Waals surface area (Å²) in [6, 6.07) is 3.67. The van der Waals surface area contributed by atoms with Crippen molar-refractivity contribution in [2.45, 2.75) is 37.0 Å². The molecule has 0 aliphatic carbocycles. The van der Waals surface area contributed by atoms with Crippen molar-refractivity contribution in [1.29, 1.82) is 0 Å². The summed E-state index contributed by atoms with van der Waals surface area (Å²) < 4.78 is 29.4. The van der Waals surface area contributed by atoms with Crippen molar-refractivity contribution in [3.05, 3.63) is 24.2 Å². The van der Waals surface area contributed by atoms with E-state index in [9.17, 15) is 8.42 Å². The average molecular weight is 257 g/mol. The third-order valence-electron chi connectivity index (χ3n) is 3.45. The molecule has 0 saturated carbocycles. The monoisotopic (exact) mass is 257 g/mol. The number of likely N-dealkylation sites (N-methyl/N-ethyl adjacent to an activating group) is 1. The molecule has 2 rings (SSSR count). The van der Waals surface area contributed by atoms with Crippen LogP contribution in [0.25, 0.3) is 0 Å². The third kappa shape index (κ3) is 2.90. The molecular formula is C12H19NO3S. The largest absolute Gasteiger partial charge is 0.469 e. The van der Waals surface area contributed by atoms with Crippen LogP contribution in [0.15, 0.2) is 22.8 Å². The van der Waals surface area contributed by atoms with Gasteiger partial charge in [-0.05, 0) is 32.0 Å². The van der Waals surface area contributed by atoms with Crippen LogP contribution in [0.4, 0.5) is 0 Å². The number of hydrogen-bond donors (Lipinski definition) is 1. The molecule has 17 heavy (non-hydrogen) atoms. The summed E-state index contributed by atoms with van der Waals surface area (Å²) in [4.78, 5) is 0. The minimum atomic E-state index is -2.94. The Morgan fingerprint density at radius 3 is 2.94 bits per heavy atom. The Bertz CT molecular complexity index is 438. The van der Waals surface area contributed by atoms with E-state index in [1.807, 2.05) is 19.2 Å². The highest BCUT2D eigenvalue weighted by Crippen LogP contribution is 2.24. The fourth-order valence-corrected chi connectivity index (χ4v) is 4.66. The first kappa shape index (κ1) is 12.6. The number of rotatable bonds is 4. The maximum atomic E-state index is 12.0. The van der Waals surface area contributed by atoms with Gasteiger partial charge in [-0.25, -0.2) is 8.42 Å². The molecule has 4 nitrogen and oxygen atoms in total. The number of nitrogens with one attached hydrogen (secondary N) is 1. The van der Waals surface area contributed by atoms with E-state index in [0.29, 0.717) is 12.2 Å². The van der Waals surface area contributed by atoms with Gasteiger partial charge < -0.3 is 9.73 Å². The van der Waals surface area contributed by atoms with Crippen molar-refractivity contribution >= 4 is 9.84 Å². The van der Waals surface area contributed by atoms with Crippen LogP contribution in [0.3, 0.4) is 0 Å². The lowest BCUT2D eigenvalue weighted by Crippen LogP contribution is -2.46. The first-order chi connectivity index (χ1) is 8.13. The van der Waals surface area contributed by atoms with Crippen molar-refractivity contribution in [3.63, 3.8) is 0 Å². The molecule has 2 heterocycles. The SMILES string of the molecule is CNC(Cc1ccco1)C1CCCCS1(=O)=O. The van der Waals surface area contributed by atoms with E-state index < -0.39 is 9.84 Å². The molecule has 0 radical (unpaired) electrons. The Labute approximate surface area is 102 Å². The Morgan fingerprint density at radius 1 is 1.53 bits per heavy atom. The molecule has 1 aliphatic heterocycles. The second-order valence-electron chi connectivity index (χ2n) is 4.58. The molecule has 1 saturated heterocycles. The van der Waals surface area contributed by atoms with E-state index in [-0.39, 0.29) is 11.3 Å². The van der Waals surface area contributed by atoms with Crippen LogP contribution in [0.5, 0.6) is 0 Å². The lowest BCUT2D eigenvalue weighted by Gasteiger charge is -2.29. The van der Waals surface area contributed by atoms with Crippen molar-refractivity contribution < 1.29 is 12.8 Å². The van der Waals surface area contributed by atoms with Crippen molar-refractivity contribution in [1.82, 2.24) is 5.32 Å². The first-order valence-corrected chi connectivity index (χ1v) is 7.76. The molecule has 1 aromatic heterocycles. The zero-order valence-corrected chi connectivity index (χ0v) is 10.9. The Morgan fingerprint density at radius 2 is 2.35 bits per heavy atom. The minimum Gasteiger partial charge on any atom is -0.469 e. The van der Waals surface area contributed by atoms with Crippen LogP contribution in [-0.2, 0) is 16.3 Å². The van der Waals surface area contributed by atoms with Gasteiger partial charge in [-0.15, -0.1) is 0 Å². The zero-order valence-electron chi connectivity index (χ0n) is 10.1. The summed E-state index contributed by atoms with van der Waals surface area (Å²) in [7, 11) is -1.13. The van der Waals surface area contributed by atoms with Gasteiger partial charge in [0.2, 0.25) is 0 Å². The lowest BCUT2D eigenvalue weighted by atomic mass is 10.0.